The van der Waals surface area contributed by atoms with E-state index in [0.717, 1.165) is 5.69 Å². The Morgan fingerprint density at radius 1 is 0.904 bits per heavy atom. The summed E-state index contributed by atoms with van der Waals surface area (Å²) < 4.78 is 35.0. The summed E-state index contributed by atoms with van der Waals surface area (Å²) in [7, 11) is 4.75. The first-order chi connectivity index (χ1) is 25.3. The van der Waals surface area contributed by atoms with Gasteiger partial charge in [-0.05, 0) is 42.7 Å². The van der Waals surface area contributed by atoms with Crippen LogP contribution < -0.4 is 19.1 Å². The maximum absolute atomic E-state index is 16.7. The Balaban J connectivity index is 1.18. The maximum atomic E-state index is 16.7. The van der Waals surface area contributed by atoms with E-state index >= 15 is 4.39 Å². The number of carbonyl (C=O) groups is 2. The molecule has 270 valence electrons. The van der Waals surface area contributed by atoms with Gasteiger partial charge in [-0.2, -0.15) is 0 Å². The van der Waals surface area contributed by atoms with E-state index < -0.39 is 5.82 Å². The number of hydrogen-bond donors (Lipinski definition) is 1. The predicted octanol–water partition coefficient (Wildman–Crippen LogP) is 4.36. The quantitative estimate of drug-likeness (QED) is 0.222. The molecule has 1 fully saturated rings. The van der Waals surface area contributed by atoms with E-state index in [0.29, 0.717) is 96.4 Å². The van der Waals surface area contributed by atoms with E-state index in [9.17, 15) is 9.59 Å². The normalized spacial score (nSPS) is 14.8. The van der Waals surface area contributed by atoms with Gasteiger partial charge in [0.15, 0.2) is 17.4 Å². The summed E-state index contributed by atoms with van der Waals surface area (Å²) in [5.74, 6) is 1.68. The molecule has 2 amide bonds. The zero-order valence-electron chi connectivity index (χ0n) is 29.6. The number of aromatic nitrogens is 6. The molecule has 6 heterocycles. The number of anilines is 1. The van der Waals surface area contributed by atoms with Gasteiger partial charge in [0.2, 0.25) is 5.91 Å². The molecule has 1 aromatic carbocycles. The van der Waals surface area contributed by atoms with Gasteiger partial charge in [0, 0.05) is 86.9 Å². The highest BCUT2D eigenvalue weighted by Crippen LogP contribution is 2.40. The topological polar surface area (TPSA) is 144 Å². The third kappa shape index (κ3) is 6.61. The standard InChI is InChI=1S/C37H40FN9O5/c1-23-31(51-3)20-32(52-4)36(41-23)44-14-16-45(17-15-44)37(49)29-19-27-26(28-21-39-9-7-30(28)50-2)18-25(34(38)35(27)42-29)24-6-5-11-46(22-24)33(48)8-12-47-13-10-40-43-47/h6-7,9-10,13,18-21,42H,5,8,11-12,14-17,22H2,1-4H3. The van der Waals surface area contributed by atoms with E-state index in [1.54, 1.807) is 78.8 Å². The number of benzene rings is 1. The molecule has 0 spiro atoms. The maximum Gasteiger partial charge on any atom is 0.270 e. The third-order valence-electron chi connectivity index (χ3n) is 9.67. The van der Waals surface area contributed by atoms with Crippen molar-refractivity contribution in [2.45, 2.75) is 26.3 Å². The minimum absolute atomic E-state index is 0.0547. The van der Waals surface area contributed by atoms with E-state index in [1.165, 1.54) is 0 Å². The molecule has 2 aliphatic rings. The molecule has 0 radical (unpaired) electrons. The van der Waals surface area contributed by atoms with Gasteiger partial charge in [-0.1, -0.05) is 11.3 Å². The average molecular weight is 710 g/mol. The van der Waals surface area contributed by atoms with E-state index in [-0.39, 0.29) is 36.0 Å². The van der Waals surface area contributed by atoms with Gasteiger partial charge >= 0.3 is 0 Å². The molecular formula is C37H40FN9O5. The Morgan fingerprint density at radius 3 is 2.42 bits per heavy atom. The highest BCUT2D eigenvalue weighted by molar-refractivity contribution is 6.05. The van der Waals surface area contributed by atoms with Crippen LogP contribution in [0.5, 0.6) is 17.2 Å². The summed E-state index contributed by atoms with van der Waals surface area (Å²) in [6, 6.07) is 7.03. The molecule has 0 atom stereocenters. The van der Waals surface area contributed by atoms with Gasteiger partial charge in [0.1, 0.15) is 17.2 Å². The number of piperazine rings is 1. The fourth-order valence-electron chi connectivity index (χ4n) is 6.90. The molecule has 0 saturated carbocycles. The number of ether oxygens (including phenoxy) is 3. The smallest absolute Gasteiger partial charge is 0.270 e. The summed E-state index contributed by atoms with van der Waals surface area (Å²) in [5.41, 5.74) is 3.52. The number of hydrogen-bond acceptors (Lipinski definition) is 10. The van der Waals surface area contributed by atoms with Crippen molar-refractivity contribution >= 4 is 34.1 Å². The number of fused-ring (bicyclic) bond motifs is 1. The van der Waals surface area contributed by atoms with Crippen molar-refractivity contribution in [3.05, 3.63) is 77.9 Å². The van der Waals surface area contributed by atoms with Crippen LogP contribution in [0.4, 0.5) is 10.2 Å². The second kappa shape index (κ2) is 14.7. The van der Waals surface area contributed by atoms with Crippen molar-refractivity contribution in [1.29, 1.82) is 0 Å². The Hall–Kier alpha value is -5.99. The number of halogens is 1. The molecule has 14 nitrogen and oxygen atoms in total. The van der Waals surface area contributed by atoms with Gasteiger partial charge < -0.3 is 33.9 Å². The molecule has 7 rings (SSSR count). The molecular weight excluding hydrogens is 669 g/mol. The lowest BCUT2D eigenvalue weighted by Gasteiger charge is -2.36. The van der Waals surface area contributed by atoms with Crippen molar-refractivity contribution < 1.29 is 28.2 Å². The van der Waals surface area contributed by atoms with Crippen LogP contribution in [-0.4, -0.2) is 112 Å². The zero-order valence-corrected chi connectivity index (χ0v) is 29.6. The minimum atomic E-state index is -0.498. The number of rotatable bonds is 10. The van der Waals surface area contributed by atoms with Crippen LogP contribution in [0.25, 0.3) is 27.6 Å². The van der Waals surface area contributed by atoms with Crippen LogP contribution in [-0.2, 0) is 11.3 Å². The number of pyridine rings is 2. The fourth-order valence-corrected chi connectivity index (χ4v) is 6.90. The Bertz CT molecular complexity index is 2140. The fraction of sp³-hybridized carbons (Fsp3) is 0.351. The van der Waals surface area contributed by atoms with Crippen molar-refractivity contribution in [3.8, 4) is 28.4 Å². The molecule has 15 heteroatoms. The number of methoxy groups -OCH3 is 3. The van der Waals surface area contributed by atoms with Crippen molar-refractivity contribution in [2.75, 3.05) is 65.5 Å². The van der Waals surface area contributed by atoms with E-state index in [1.807, 2.05) is 19.1 Å². The van der Waals surface area contributed by atoms with Crippen molar-refractivity contribution in [2.24, 2.45) is 0 Å². The minimum Gasteiger partial charge on any atom is -0.496 e. The van der Waals surface area contributed by atoms with Crippen LogP contribution in [0.15, 0.2) is 55.1 Å². The highest BCUT2D eigenvalue weighted by atomic mass is 19.1. The first kappa shape index (κ1) is 34.5. The first-order valence-electron chi connectivity index (χ1n) is 17.1. The highest BCUT2D eigenvalue weighted by Gasteiger charge is 2.29. The summed E-state index contributed by atoms with van der Waals surface area (Å²) >= 11 is 0. The van der Waals surface area contributed by atoms with Gasteiger partial charge in [-0.15, -0.1) is 5.10 Å². The van der Waals surface area contributed by atoms with Gasteiger partial charge in [-0.25, -0.2) is 9.37 Å². The Morgan fingerprint density at radius 2 is 1.69 bits per heavy atom. The Labute approximate surface area is 299 Å². The SMILES string of the molecule is COc1ccncc1-c1cc(C2=CCCN(C(=O)CCn3ccnn3)C2)c(F)c2[nH]c(C(=O)N3CCN(c4nc(C)c(OC)cc4OC)CC3)cc12. The molecule has 1 N–H and O–H groups in total. The zero-order chi connectivity index (χ0) is 36.4. The van der Waals surface area contributed by atoms with Crippen LogP contribution >= 0.6 is 0 Å². The number of H-pyrrole nitrogens is 1. The number of nitrogens with one attached hydrogen (secondary N) is 1. The second-order valence-corrected chi connectivity index (χ2v) is 12.7. The number of carbonyl (C=O) groups excluding carboxylic acids is 2. The van der Waals surface area contributed by atoms with Gasteiger partial charge in [0.05, 0.1) is 45.3 Å². The van der Waals surface area contributed by atoms with Gasteiger partial charge in [-0.3, -0.25) is 19.3 Å². The monoisotopic (exact) mass is 709 g/mol. The van der Waals surface area contributed by atoms with Crippen molar-refractivity contribution in [3.63, 3.8) is 0 Å². The summed E-state index contributed by atoms with van der Waals surface area (Å²) in [5, 5.41) is 8.26. The molecule has 1 saturated heterocycles. The summed E-state index contributed by atoms with van der Waals surface area (Å²) in [6.07, 6.45) is 9.36. The van der Waals surface area contributed by atoms with Gasteiger partial charge in [0.25, 0.3) is 5.91 Å². The van der Waals surface area contributed by atoms with E-state index in [2.05, 4.69) is 25.2 Å². The number of aryl methyl sites for hydroxylation is 2. The molecule has 5 aromatic rings. The molecule has 0 bridgehead atoms. The number of nitrogens with zero attached hydrogens (tertiary/aromatic N) is 8. The van der Waals surface area contributed by atoms with Crippen LogP contribution in [0.1, 0.15) is 34.6 Å². The van der Waals surface area contributed by atoms with Crippen molar-refractivity contribution in [1.82, 2.24) is 39.7 Å². The summed E-state index contributed by atoms with van der Waals surface area (Å²) in [6.45, 7) is 4.96. The second-order valence-electron chi connectivity index (χ2n) is 12.7. The van der Waals surface area contributed by atoms with E-state index in [4.69, 9.17) is 19.2 Å². The van der Waals surface area contributed by atoms with Crippen LogP contribution in [0.2, 0.25) is 0 Å². The summed E-state index contributed by atoms with van der Waals surface area (Å²) in [4.78, 5) is 44.9. The molecule has 0 aliphatic carbocycles. The average Bonchev–Trinajstić information content (AvgIpc) is 3.88. The molecule has 4 aromatic heterocycles. The lowest BCUT2D eigenvalue weighted by Crippen LogP contribution is -2.49. The molecule has 2 aliphatic heterocycles. The molecule has 0 unspecified atom stereocenters. The lowest BCUT2D eigenvalue weighted by molar-refractivity contribution is -0.131. The number of amides is 2. The number of aromatic amines is 1. The third-order valence-corrected chi connectivity index (χ3v) is 9.67. The van der Waals surface area contributed by atoms with Crippen LogP contribution in [0, 0.1) is 12.7 Å². The largest absolute Gasteiger partial charge is 0.496 e. The lowest BCUT2D eigenvalue weighted by atomic mass is 9.93. The Kier molecular flexibility index (Phi) is 9.74. The first-order valence-corrected chi connectivity index (χ1v) is 17.1. The predicted molar refractivity (Wildman–Crippen MR) is 192 cm³/mol. The molecule has 52 heavy (non-hydrogen) atoms. The van der Waals surface area contributed by atoms with Crippen LogP contribution in [0.3, 0.4) is 0 Å².